The molecule has 1 heterocycles. The predicted octanol–water partition coefficient (Wildman–Crippen LogP) is 3.56. The Hall–Kier alpha value is -1.37. The van der Waals surface area contributed by atoms with Crippen LogP contribution in [0.3, 0.4) is 0 Å². The third kappa shape index (κ3) is 3.04. The number of hydrogen-bond acceptors (Lipinski definition) is 4. The summed E-state index contributed by atoms with van der Waals surface area (Å²) in [6.45, 7) is 0. The standard InChI is InChI=1S/C13H14N5.3CH3.Sn/c14-12-7-6-10(13-15-17-18-16-13)8-11(12)9-4-2-1-3-5-9;;;;/h4,6-8H,1-3,5,14H2;3*1H3;/q-1;;;;+1. The van der Waals surface area contributed by atoms with Crippen LogP contribution in [0.5, 0.6) is 0 Å². The first-order chi connectivity index (χ1) is 10.5. The van der Waals surface area contributed by atoms with E-state index in [1.165, 1.54) is 18.4 Å². The molecule has 5 nitrogen and oxygen atoms in total. The van der Waals surface area contributed by atoms with E-state index in [0.29, 0.717) is 0 Å². The van der Waals surface area contributed by atoms with Crippen LogP contribution in [0.25, 0.3) is 17.0 Å². The average molecular weight is 404 g/mol. The van der Waals surface area contributed by atoms with Gasteiger partial charge in [-0.2, -0.15) is 0 Å². The summed E-state index contributed by atoms with van der Waals surface area (Å²) < 4.78 is 2.07. The first kappa shape index (κ1) is 15.5. The first-order valence-electron chi connectivity index (χ1n) is 7.85. The molecule has 1 aliphatic rings. The average Bonchev–Trinajstić information content (AvgIpc) is 2.98. The third-order valence-corrected chi connectivity index (χ3v) is 8.54. The maximum atomic E-state index is 6.21. The predicted molar refractivity (Wildman–Crippen MR) is 92.9 cm³/mol. The molecule has 3 rings (SSSR count). The molecule has 0 bridgehead atoms. The number of allylic oxidation sites excluding steroid dienone is 2. The molecule has 2 aromatic rings. The number of benzene rings is 1. The van der Waals surface area contributed by atoms with Gasteiger partial charge in [-0.1, -0.05) is 0 Å². The van der Waals surface area contributed by atoms with Crippen LogP contribution in [0, 0.1) is 0 Å². The fourth-order valence-corrected chi connectivity index (χ4v) is 6.06. The second-order valence-electron chi connectivity index (χ2n) is 6.86. The Morgan fingerprint density at radius 1 is 1.18 bits per heavy atom. The number of anilines is 1. The van der Waals surface area contributed by atoms with Crippen molar-refractivity contribution in [2.45, 2.75) is 40.5 Å². The molecule has 2 N–H and O–H groups in total. The Balaban J connectivity index is 2.07. The van der Waals surface area contributed by atoms with Crippen molar-refractivity contribution in [3.8, 4) is 11.4 Å². The fraction of sp³-hybridized carbons (Fsp3) is 0.438. The zero-order chi connectivity index (χ0) is 15.7. The van der Waals surface area contributed by atoms with Gasteiger partial charge in [0, 0.05) is 0 Å². The van der Waals surface area contributed by atoms with Gasteiger partial charge in [-0.3, -0.25) is 0 Å². The monoisotopic (exact) mass is 405 g/mol. The zero-order valence-electron chi connectivity index (χ0n) is 13.5. The normalized spacial score (nSPS) is 15.7. The van der Waals surface area contributed by atoms with Crippen LogP contribution in [0.1, 0.15) is 31.2 Å². The van der Waals surface area contributed by atoms with Gasteiger partial charge in [-0.15, -0.1) is 0 Å². The molecule has 1 aromatic heterocycles. The van der Waals surface area contributed by atoms with Gasteiger partial charge < -0.3 is 0 Å². The van der Waals surface area contributed by atoms with Crippen molar-refractivity contribution in [2.24, 2.45) is 0 Å². The Morgan fingerprint density at radius 3 is 2.68 bits per heavy atom. The van der Waals surface area contributed by atoms with Gasteiger partial charge in [-0.25, -0.2) is 0 Å². The Labute approximate surface area is 135 Å². The number of nitrogen functional groups attached to an aromatic ring is 1. The number of rotatable bonds is 3. The van der Waals surface area contributed by atoms with Gasteiger partial charge in [0.15, 0.2) is 0 Å². The summed E-state index contributed by atoms with van der Waals surface area (Å²) in [6.07, 6.45) is 7.10. The fourth-order valence-electron chi connectivity index (χ4n) is 2.88. The van der Waals surface area contributed by atoms with Gasteiger partial charge in [0.2, 0.25) is 0 Å². The molecule has 22 heavy (non-hydrogen) atoms. The van der Waals surface area contributed by atoms with Gasteiger partial charge in [0.25, 0.3) is 0 Å². The van der Waals surface area contributed by atoms with Crippen LogP contribution in [0.15, 0.2) is 24.3 Å². The Bertz CT molecular complexity index is 712. The van der Waals surface area contributed by atoms with Gasteiger partial charge in [0.05, 0.1) is 0 Å². The molecule has 116 valence electrons. The van der Waals surface area contributed by atoms with E-state index in [-0.39, 0.29) is 0 Å². The van der Waals surface area contributed by atoms with E-state index < -0.39 is 18.7 Å². The Kier molecular flexibility index (Phi) is 4.25. The van der Waals surface area contributed by atoms with E-state index in [0.717, 1.165) is 35.5 Å². The van der Waals surface area contributed by atoms with Crippen LogP contribution < -0.4 is 5.73 Å². The third-order valence-electron chi connectivity index (χ3n) is 4.05. The molecule has 1 aromatic carbocycles. The Morgan fingerprint density at radius 2 is 2.00 bits per heavy atom. The SMILES string of the molecule is [CH3][Sn]([CH3])([CH3])[n]1nnnc1-c1ccc(N)c(C2=CCCCC2)c1. The molecule has 0 spiro atoms. The second-order valence-corrected chi connectivity index (χ2v) is 20.5. The van der Waals surface area contributed by atoms with Crippen molar-refractivity contribution >= 4 is 29.9 Å². The quantitative estimate of drug-likeness (QED) is 0.628. The molecular weight excluding hydrogens is 381 g/mol. The summed E-state index contributed by atoms with van der Waals surface area (Å²) in [4.78, 5) is 6.91. The van der Waals surface area contributed by atoms with Crippen LogP contribution in [0.2, 0.25) is 14.8 Å². The van der Waals surface area contributed by atoms with E-state index in [4.69, 9.17) is 5.73 Å². The number of nitrogens with two attached hydrogens (primary N) is 1. The van der Waals surface area contributed by atoms with Crippen LogP contribution >= 0.6 is 0 Å². The molecule has 0 saturated heterocycles. The van der Waals surface area contributed by atoms with E-state index in [1.54, 1.807) is 0 Å². The molecule has 0 fully saturated rings. The zero-order valence-corrected chi connectivity index (χ0v) is 16.4. The van der Waals surface area contributed by atoms with Crippen molar-refractivity contribution in [2.75, 3.05) is 5.73 Å². The summed E-state index contributed by atoms with van der Waals surface area (Å²) >= 11 is -2.40. The summed E-state index contributed by atoms with van der Waals surface area (Å²) in [5, 5.41) is 12.4. The molecule has 0 aliphatic heterocycles. The van der Waals surface area contributed by atoms with Crippen molar-refractivity contribution in [1.29, 1.82) is 0 Å². The number of tetrazole rings is 1. The molecule has 0 amide bonds. The van der Waals surface area contributed by atoms with Gasteiger partial charge in [0.1, 0.15) is 0 Å². The molecule has 0 radical (unpaired) electrons. The van der Waals surface area contributed by atoms with Crippen molar-refractivity contribution in [1.82, 2.24) is 18.4 Å². The topological polar surface area (TPSA) is 69.6 Å². The van der Waals surface area contributed by atoms with Crippen LogP contribution in [-0.4, -0.2) is 37.1 Å². The van der Waals surface area contributed by atoms with Crippen molar-refractivity contribution < 1.29 is 0 Å². The minimum atomic E-state index is -2.40. The number of hydrogen-bond donors (Lipinski definition) is 1. The molecule has 1 aliphatic carbocycles. The molecule has 0 saturated carbocycles. The summed E-state index contributed by atoms with van der Waals surface area (Å²) in [6, 6.07) is 6.17. The molecule has 0 atom stereocenters. The summed E-state index contributed by atoms with van der Waals surface area (Å²) in [5.41, 5.74) is 10.6. The van der Waals surface area contributed by atoms with Crippen LogP contribution in [0.4, 0.5) is 5.69 Å². The maximum absolute atomic E-state index is 6.21. The van der Waals surface area contributed by atoms with Crippen LogP contribution in [-0.2, 0) is 0 Å². The van der Waals surface area contributed by atoms with Gasteiger partial charge >= 0.3 is 136 Å². The summed E-state index contributed by atoms with van der Waals surface area (Å²) in [5.74, 6) is 0.876. The van der Waals surface area contributed by atoms with E-state index in [9.17, 15) is 0 Å². The number of nitrogens with zero attached hydrogens (tertiary/aromatic N) is 4. The minimum absolute atomic E-state index is 0.843. The van der Waals surface area contributed by atoms with Crippen molar-refractivity contribution in [3.05, 3.63) is 29.8 Å². The van der Waals surface area contributed by atoms with Crippen molar-refractivity contribution in [3.63, 3.8) is 0 Å². The van der Waals surface area contributed by atoms with E-state index in [1.807, 2.05) is 12.1 Å². The molecule has 6 heteroatoms. The molecule has 0 unspecified atom stereocenters. The summed E-state index contributed by atoms with van der Waals surface area (Å²) in [7, 11) is 0. The number of aromatic nitrogens is 4. The van der Waals surface area contributed by atoms with E-state index in [2.05, 4.69) is 45.4 Å². The van der Waals surface area contributed by atoms with E-state index >= 15 is 0 Å². The van der Waals surface area contributed by atoms with Gasteiger partial charge in [-0.05, 0) is 0 Å². The first-order valence-corrected chi connectivity index (χ1v) is 17.7. The molecular formula is C16H23N5Sn. The second kappa shape index (κ2) is 6.02.